The van der Waals surface area contributed by atoms with Crippen molar-refractivity contribution in [1.29, 1.82) is 0 Å². The molecule has 0 saturated heterocycles. The van der Waals surface area contributed by atoms with Crippen LogP contribution in [-0.2, 0) is 11.8 Å². The molecule has 1 unspecified atom stereocenters. The lowest BCUT2D eigenvalue weighted by Gasteiger charge is -2.13. The molecule has 0 bridgehead atoms. The van der Waals surface area contributed by atoms with Crippen LogP contribution in [0.1, 0.15) is 31.6 Å². The molecule has 0 fully saturated rings. The van der Waals surface area contributed by atoms with E-state index in [9.17, 15) is 4.79 Å². The van der Waals surface area contributed by atoms with Crippen LogP contribution in [0.2, 0.25) is 0 Å². The molecule has 1 atom stereocenters. The number of nitrogens with zero attached hydrogens (tertiary/aromatic N) is 4. The average molecular weight is 239 g/mol. The van der Waals surface area contributed by atoms with Gasteiger partial charge in [-0.15, -0.1) is 10.2 Å². The number of aromatic nitrogens is 3. The minimum Gasteiger partial charge on any atom is -0.349 e. The molecule has 1 aromatic rings. The van der Waals surface area contributed by atoms with Gasteiger partial charge in [0.15, 0.2) is 0 Å². The summed E-state index contributed by atoms with van der Waals surface area (Å²) < 4.78 is 1.89. The smallest absolute Gasteiger partial charge is 0.222 e. The fourth-order valence-electron chi connectivity index (χ4n) is 1.56. The van der Waals surface area contributed by atoms with Crippen LogP contribution >= 0.6 is 0 Å². The van der Waals surface area contributed by atoms with Crippen molar-refractivity contribution in [2.45, 2.75) is 25.8 Å². The molecule has 17 heavy (non-hydrogen) atoms. The van der Waals surface area contributed by atoms with Crippen molar-refractivity contribution in [2.24, 2.45) is 7.05 Å². The molecule has 0 radical (unpaired) electrons. The van der Waals surface area contributed by atoms with Gasteiger partial charge in [-0.2, -0.15) is 0 Å². The van der Waals surface area contributed by atoms with E-state index in [0.29, 0.717) is 6.42 Å². The number of rotatable bonds is 6. The molecule has 96 valence electrons. The van der Waals surface area contributed by atoms with Crippen LogP contribution in [0.25, 0.3) is 0 Å². The van der Waals surface area contributed by atoms with Crippen molar-refractivity contribution >= 4 is 5.91 Å². The number of carbonyl (C=O) groups is 1. The van der Waals surface area contributed by atoms with Gasteiger partial charge < -0.3 is 14.8 Å². The molecule has 0 aliphatic heterocycles. The summed E-state index contributed by atoms with van der Waals surface area (Å²) in [6, 6.07) is 0.150. The molecule has 6 heteroatoms. The first-order valence-corrected chi connectivity index (χ1v) is 5.79. The van der Waals surface area contributed by atoms with Gasteiger partial charge in [-0.3, -0.25) is 4.79 Å². The Labute approximate surface area is 102 Å². The average Bonchev–Trinajstić information content (AvgIpc) is 2.70. The molecule has 1 heterocycles. The summed E-state index contributed by atoms with van der Waals surface area (Å²) >= 11 is 0. The van der Waals surface area contributed by atoms with Gasteiger partial charge in [0.2, 0.25) is 5.91 Å². The fourth-order valence-corrected chi connectivity index (χ4v) is 1.56. The van der Waals surface area contributed by atoms with E-state index in [-0.39, 0.29) is 11.9 Å². The third kappa shape index (κ3) is 4.14. The van der Waals surface area contributed by atoms with E-state index >= 15 is 0 Å². The van der Waals surface area contributed by atoms with Crippen LogP contribution < -0.4 is 5.32 Å². The number of amides is 1. The molecule has 0 saturated carbocycles. The standard InChI is InChI=1S/C11H21N5O/c1-9(11-14-13-8-16(11)4)12-7-5-6-10(17)15(2)3/h8-9,12H,5-7H2,1-4H3. The first-order chi connectivity index (χ1) is 8.02. The summed E-state index contributed by atoms with van der Waals surface area (Å²) in [6.45, 7) is 2.84. The highest BCUT2D eigenvalue weighted by molar-refractivity contribution is 5.75. The van der Waals surface area contributed by atoms with Gasteiger partial charge in [-0.1, -0.05) is 0 Å². The zero-order chi connectivity index (χ0) is 12.8. The Hall–Kier alpha value is -1.43. The van der Waals surface area contributed by atoms with Gasteiger partial charge in [0.05, 0.1) is 6.04 Å². The predicted octanol–water partition coefficient (Wildman–Crippen LogP) is 0.334. The third-order valence-electron chi connectivity index (χ3n) is 2.65. The Balaban J connectivity index is 2.24. The van der Waals surface area contributed by atoms with E-state index in [1.165, 1.54) is 0 Å². The summed E-state index contributed by atoms with van der Waals surface area (Å²) in [5, 5.41) is 11.2. The van der Waals surface area contributed by atoms with Crippen molar-refractivity contribution in [3.63, 3.8) is 0 Å². The molecule has 1 amide bonds. The quantitative estimate of drug-likeness (QED) is 0.727. The molecule has 0 spiro atoms. The second-order valence-electron chi connectivity index (χ2n) is 4.37. The number of nitrogens with one attached hydrogen (secondary N) is 1. The molecule has 0 aliphatic carbocycles. The fraction of sp³-hybridized carbons (Fsp3) is 0.727. The Kier molecular flexibility index (Phi) is 5.09. The van der Waals surface area contributed by atoms with E-state index in [4.69, 9.17) is 0 Å². The van der Waals surface area contributed by atoms with Crippen molar-refractivity contribution < 1.29 is 4.79 Å². The van der Waals surface area contributed by atoms with Gasteiger partial charge in [0.1, 0.15) is 12.2 Å². The second-order valence-corrected chi connectivity index (χ2v) is 4.37. The molecule has 0 aliphatic rings. The molecule has 1 N–H and O–H groups in total. The first kappa shape index (κ1) is 13.6. The second kappa shape index (κ2) is 6.34. The molecule has 0 aromatic carbocycles. The lowest BCUT2D eigenvalue weighted by molar-refractivity contribution is -0.128. The van der Waals surface area contributed by atoms with Crippen LogP contribution in [0.15, 0.2) is 6.33 Å². The van der Waals surface area contributed by atoms with Crippen LogP contribution in [0.3, 0.4) is 0 Å². The summed E-state index contributed by atoms with van der Waals surface area (Å²) in [5.41, 5.74) is 0. The Morgan fingerprint density at radius 1 is 1.59 bits per heavy atom. The maximum absolute atomic E-state index is 11.3. The van der Waals surface area contributed by atoms with Crippen molar-refractivity contribution in [3.05, 3.63) is 12.2 Å². The molecule has 1 rings (SSSR count). The van der Waals surface area contributed by atoms with E-state index in [1.54, 1.807) is 25.3 Å². The normalized spacial score (nSPS) is 12.5. The summed E-state index contributed by atoms with van der Waals surface area (Å²) in [4.78, 5) is 13.0. The van der Waals surface area contributed by atoms with Crippen LogP contribution in [0, 0.1) is 0 Å². The zero-order valence-corrected chi connectivity index (χ0v) is 11.0. The summed E-state index contributed by atoms with van der Waals surface area (Å²) in [5.74, 6) is 1.07. The number of aryl methyl sites for hydroxylation is 1. The van der Waals surface area contributed by atoms with E-state index in [2.05, 4.69) is 15.5 Å². The van der Waals surface area contributed by atoms with Crippen molar-refractivity contribution in [3.8, 4) is 0 Å². The molecular formula is C11H21N5O. The molecule has 1 aromatic heterocycles. The van der Waals surface area contributed by atoms with Gasteiger partial charge in [0.25, 0.3) is 0 Å². The number of hydrogen-bond donors (Lipinski definition) is 1. The van der Waals surface area contributed by atoms with Crippen LogP contribution in [-0.4, -0.2) is 46.2 Å². The van der Waals surface area contributed by atoms with E-state index in [1.807, 2.05) is 18.5 Å². The van der Waals surface area contributed by atoms with Gasteiger partial charge >= 0.3 is 0 Å². The minimum absolute atomic E-state index is 0.150. The summed E-state index contributed by atoms with van der Waals surface area (Å²) in [7, 11) is 5.47. The highest BCUT2D eigenvalue weighted by Gasteiger charge is 2.10. The largest absolute Gasteiger partial charge is 0.349 e. The van der Waals surface area contributed by atoms with E-state index in [0.717, 1.165) is 18.8 Å². The molecule has 6 nitrogen and oxygen atoms in total. The maximum Gasteiger partial charge on any atom is 0.222 e. The predicted molar refractivity (Wildman–Crippen MR) is 65.3 cm³/mol. The van der Waals surface area contributed by atoms with Crippen molar-refractivity contribution in [1.82, 2.24) is 25.0 Å². The SMILES string of the molecule is CC(NCCCC(=O)N(C)C)c1nncn1C. The maximum atomic E-state index is 11.3. The number of hydrogen-bond acceptors (Lipinski definition) is 4. The highest BCUT2D eigenvalue weighted by atomic mass is 16.2. The first-order valence-electron chi connectivity index (χ1n) is 5.79. The zero-order valence-electron chi connectivity index (χ0n) is 11.0. The monoisotopic (exact) mass is 239 g/mol. The van der Waals surface area contributed by atoms with Gasteiger partial charge in [0, 0.05) is 27.6 Å². The lowest BCUT2D eigenvalue weighted by atomic mass is 10.2. The lowest BCUT2D eigenvalue weighted by Crippen LogP contribution is -2.25. The van der Waals surface area contributed by atoms with Crippen LogP contribution in [0.4, 0.5) is 0 Å². The highest BCUT2D eigenvalue weighted by Crippen LogP contribution is 2.06. The van der Waals surface area contributed by atoms with Crippen LogP contribution in [0.5, 0.6) is 0 Å². The van der Waals surface area contributed by atoms with E-state index < -0.39 is 0 Å². The Morgan fingerprint density at radius 2 is 2.29 bits per heavy atom. The van der Waals surface area contributed by atoms with Crippen molar-refractivity contribution in [2.75, 3.05) is 20.6 Å². The topological polar surface area (TPSA) is 63.1 Å². The third-order valence-corrected chi connectivity index (χ3v) is 2.65. The Morgan fingerprint density at radius 3 is 2.82 bits per heavy atom. The molecular weight excluding hydrogens is 218 g/mol. The number of carbonyl (C=O) groups excluding carboxylic acids is 1. The Bertz CT molecular complexity index is 360. The van der Waals surface area contributed by atoms with Gasteiger partial charge in [-0.25, -0.2) is 0 Å². The minimum atomic E-state index is 0.150. The van der Waals surface area contributed by atoms with Gasteiger partial charge in [-0.05, 0) is 19.9 Å². The summed E-state index contributed by atoms with van der Waals surface area (Å²) in [6.07, 6.45) is 3.09.